The number of carbonyl (C=O) groups is 1. The van der Waals surface area contributed by atoms with E-state index in [2.05, 4.69) is 21.2 Å². The molecule has 3 rings (SSSR count). The maximum absolute atomic E-state index is 11.7. The Morgan fingerprint density at radius 3 is 2.45 bits per heavy atom. The molecule has 182 valence electrons. The van der Waals surface area contributed by atoms with Crippen LogP contribution in [0.2, 0.25) is 0 Å². The SMILES string of the molecule is CC(C)(C)NC(=O)OCCCN1CC2CN(C[C@H](O)COc3ccc(C#N)cc3)CC(C1)O2. The van der Waals surface area contributed by atoms with Crippen LogP contribution in [0.1, 0.15) is 32.8 Å². The maximum Gasteiger partial charge on any atom is 0.407 e. The van der Waals surface area contributed by atoms with Crippen molar-refractivity contribution in [3.05, 3.63) is 29.8 Å². The molecule has 2 bridgehead atoms. The molecule has 0 spiro atoms. The number of nitrogens with one attached hydrogen (secondary N) is 1. The molecule has 0 aromatic heterocycles. The molecule has 0 saturated carbocycles. The van der Waals surface area contributed by atoms with Crippen molar-refractivity contribution in [2.24, 2.45) is 0 Å². The Labute approximate surface area is 196 Å². The zero-order valence-corrected chi connectivity index (χ0v) is 19.8. The van der Waals surface area contributed by atoms with Crippen LogP contribution in [0.3, 0.4) is 0 Å². The van der Waals surface area contributed by atoms with E-state index in [0.717, 1.165) is 39.1 Å². The van der Waals surface area contributed by atoms with Gasteiger partial charge in [-0.15, -0.1) is 0 Å². The molecule has 2 fully saturated rings. The molecule has 9 heteroatoms. The predicted molar refractivity (Wildman–Crippen MR) is 123 cm³/mol. The molecule has 2 aliphatic heterocycles. The highest BCUT2D eigenvalue weighted by Gasteiger charge is 2.35. The lowest BCUT2D eigenvalue weighted by Crippen LogP contribution is -2.60. The number of aliphatic hydroxyl groups is 1. The third-order valence-electron chi connectivity index (χ3n) is 5.46. The minimum absolute atomic E-state index is 0.106. The van der Waals surface area contributed by atoms with Gasteiger partial charge in [0.25, 0.3) is 0 Å². The lowest BCUT2D eigenvalue weighted by Gasteiger charge is -2.46. The fourth-order valence-corrected chi connectivity index (χ4v) is 4.16. The van der Waals surface area contributed by atoms with Crippen LogP contribution in [0.5, 0.6) is 5.75 Å². The van der Waals surface area contributed by atoms with E-state index in [0.29, 0.717) is 24.5 Å². The Hall–Kier alpha value is -2.38. The number of nitrogens with zero attached hydrogens (tertiary/aromatic N) is 3. The van der Waals surface area contributed by atoms with Gasteiger partial charge in [0.1, 0.15) is 18.5 Å². The first-order chi connectivity index (χ1) is 15.7. The van der Waals surface area contributed by atoms with Gasteiger partial charge in [0.15, 0.2) is 0 Å². The highest BCUT2D eigenvalue weighted by Crippen LogP contribution is 2.20. The average Bonchev–Trinajstić information content (AvgIpc) is 2.74. The molecule has 33 heavy (non-hydrogen) atoms. The van der Waals surface area contributed by atoms with Crippen LogP contribution in [-0.2, 0) is 9.47 Å². The van der Waals surface area contributed by atoms with Crippen LogP contribution in [0.25, 0.3) is 0 Å². The third-order valence-corrected chi connectivity index (χ3v) is 5.46. The molecule has 1 aromatic carbocycles. The summed E-state index contributed by atoms with van der Waals surface area (Å²) >= 11 is 0. The molecule has 0 radical (unpaired) electrons. The van der Waals surface area contributed by atoms with Gasteiger partial charge in [-0.1, -0.05) is 0 Å². The van der Waals surface area contributed by atoms with Gasteiger partial charge in [-0.25, -0.2) is 4.79 Å². The van der Waals surface area contributed by atoms with Gasteiger partial charge in [0.2, 0.25) is 0 Å². The Bertz CT molecular complexity index is 791. The van der Waals surface area contributed by atoms with Crippen LogP contribution >= 0.6 is 0 Å². The topological polar surface area (TPSA) is 107 Å². The van der Waals surface area contributed by atoms with Gasteiger partial charge >= 0.3 is 6.09 Å². The summed E-state index contributed by atoms with van der Waals surface area (Å²) in [6.07, 6.45) is 0.0146. The summed E-state index contributed by atoms with van der Waals surface area (Å²) in [5, 5.41) is 22.1. The normalized spacial score (nSPS) is 22.3. The van der Waals surface area contributed by atoms with E-state index >= 15 is 0 Å². The predicted octanol–water partition coefficient (Wildman–Crippen LogP) is 1.60. The van der Waals surface area contributed by atoms with Gasteiger partial charge in [-0.3, -0.25) is 9.80 Å². The van der Waals surface area contributed by atoms with Crippen molar-refractivity contribution in [1.82, 2.24) is 15.1 Å². The Balaban J connectivity index is 1.32. The van der Waals surface area contributed by atoms with Gasteiger partial charge in [-0.05, 0) is 51.5 Å². The smallest absolute Gasteiger partial charge is 0.407 e. The lowest BCUT2D eigenvalue weighted by molar-refractivity contribution is -0.143. The first-order valence-corrected chi connectivity index (χ1v) is 11.6. The molecule has 2 heterocycles. The first kappa shape index (κ1) is 25.2. The van der Waals surface area contributed by atoms with Crippen LogP contribution in [0.4, 0.5) is 4.79 Å². The number of nitriles is 1. The number of rotatable bonds is 9. The first-order valence-electron chi connectivity index (χ1n) is 11.6. The molecule has 3 atom stereocenters. The van der Waals surface area contributed by atoms with E-state index in [1.54, 1.807) is 24.3 Å². The second-order valence-electron chi connectivity index (χ2n) is 9.82. The molecule has 2 aliphatic rings. The van der Waals surface area contributed by atoms with Gasteiger partial charge < -0.3 is 24.6 Å². The van der Waals surface area contributed by atoms with Crippen molar-refractivity contribution in [1.29, 1.82) is 5.26 Å². The molecule has 1 amide bonds. The van der Waals surface area contributed by atoms with Crippen molar-refractivity contribution in [3.8, 4) is 11.8 Å². The van der Waals surface area contributed by atoms with Gasteiger partial charge in [0, 0.05) is 44.8 Å². The Kier molecular flexibility index (Phi) is 8.92. The third kappa shape index (κ3) is 8.82. The van der Waals surface area contributed by atoms with Crippen LogP contribution in [0, 0.1) is 11.3 Å². The van der Waals surface area contributed by atoms with Crippen LogP contribution in [-0.4, -0.2) is 97.3 Å². The number of benzene rings is 1. The van der Waals surface area contributed by atoms with E-state index in [1.165, 1.54) is 0 Å². The fourth-order valence-electron chi connectivity index (χ4n) is 4.16. The second-order valence-corrected chi connectivity index (χ2v) is 9.82. The monoisotopic (exact) mass is 460 g/mol. The summed E-state index contributed by atoms with van der Waals surface area (Å²) in [6, 6.07) is 8.94. The summed E-state index contributed by atoms with van der Waals surface area (Å²) in [5.74, 6) is 0.641. The maximum atomic E-state index is 11.7. The highest BCUT2D eigenvalue weighted by atomic mass is 16.5. The minimum Gasteiger partial charge on any atom is -0.491 e. The lowest BCUT2D eigenvalue weighted by atomic mass is 10.1. The van der Waals surface area contributed by atoms with Crippen molar-refractivity contribution < 1.29 is 24.1 Å². The Morgan fingerprint density at radius 1 is 1.21 bits per heavy atom. The van der Waals surface area contributed by atoms with Crippen molar-refractivity contribution >= 4 is 6.09 Å². The zero-order chi connectivity index (χ0) is 23.8. The number of aliphatic hydroxyl groups excluding tert-OH is 1. The molecule has 2 N–H and O–H groups in total. The number of hydrogen-bond donors (Lipinski definition) is 2. The van der Waals surface area contributed by atoms with Gasteiger partial charge in [-0.2, -0.15) is 5.26 Å². The molecular formula is C24H36N4O5. The number of hydrogen-bond acceptors (Lipinski definition) is 8. The second kappa shape index (κ2) is 11.7. The van der Waals surface area contributed by atoms with E-state index in [-0.39, 0.29) is 30.4 Å². The number of morpholine rings is 2. The van der Waals surface area contributed by atoms with Gasteiger partial charge in [0.05, 0.1) is 30.4 Å². The zero-order valence-electron chi connectivity index (χ0n) is 19.8. The molecule has 1 aromatic rings. The van der Waals surface area contributed by atoms with Crippen LogP contribution in [0.15, 0.2) is 24.3 Å². The average molecular weight is 461 g/mol. The van der Waals surface area contributed by atoms with E-state index in [9.17, 15) is 9.90 Å². The van der Waals surface area contributed by atoms with Crippen molar-refractivity contribution in [2.45, 2.75) is 51.0 Å². The summed E-state index contributed by atoms with van der Waals surface area (Å²) in [4.78, 5) is 16.3. The number of fused-ring (bicyclic) bond motifs is 2. The number of amides is 1. The van der Waals surface area contributed by atoms with Crippen LogP contribution < -0.4 is 10.1 Å². The molecule has 9 nitrogen and oxygen atoms in total. The number of alkyl carbamates (subject to hydrolysis) is 1. The molecule has 2 unspecified atom stereocenters. The Morgan fingerprint density at radius 2 is 1.85 bits per heavy atom. The number of β-amino-alcohol motifs (C(OH)–C–C–N with tert-alkyl or cyclic N) is 1. The van der Waals surface area contributed by atoms with E-state index < -0.39 is 6.10 Å². The van der Waals surface area contributed by atoms with Crippen molar-refractivity contribution in [3.63, 3.8) is 0 Å². The van der Waals surface area contributed by atoms with Crippen molar-refractivity contribution in [2.75, 3.05) is 52.5 Å². The largest absolute Gasteiger partial charge is 0.491 e. The summed E-state index contributed by atoms with van der Waals surface area (Å²) < 4.78 is 17.0. The summed E-state index contributed by atoms with van der Waals surface area (Å²) in [5.41, 5.74) is 0.281. The van der Waals surface area contributed by atoms with E-state index in [4.69, 9.17) is 19.5 Å². The molecule has 0 aliphatic carbocycles. The minimum atomic E-state index is -0.605. The fraction of sp³-hybridized carbons (Fsp3) is 0.667. The highest BCUT2D eigenvalue weighted by molar-refractivity contribution is 5.67. The molecule has 2 saturated heterocycles. The number of carbonyl (C=O) groups excluding carboxylic acids is 1. The summed E-state index contributed by atoms with van der Waals surface area (Å²) in [7, 11) is 0. The van der Waals surface area contributed by atoms with E-state index in [1.807, 2.05) is 20.8 Å². The number of ether oxygens (including phenoxy) is 3. The summed E-state index contributed by atoms with van der Waals surface area (Å²) in [6.45, 7) is 11.0. The quantitative estimate of drug-likeness (QED) is 0.535. The standard InChI is InChI=1S/C24H36N4O5/c1-24(2,3)26-23(30)31-10-4-9-27-13-21-15-28(16-22(14-27)33-21)12-19(29)17-32-20-7-5-18(11-25)6-8-20/h5-8,19,21-22,29H,4,9-10,12-17H2,1-3H3,(H,26,30)/t19-,21?,22?/m0/s1. The molecular weight excluding hydrogens is 424 g/mol.